The number of hydrogen-bond acceptors (Lipinski definition) is 6. The number of carbonyl (C=O) groups excluding carboxylic acids is 1. The predicted molar refractivity (Wildman–Crippen MR) is 86.8 cm³/mol. The molecule has 2 aromatic rings. The maximum absolute atomic E-state index is 12.8. The highest BCUT2D eigenvalue weighted by Crippen LogP contribution is 2.41. The second kappa shape index (κ2) is 6.24. The summed E-state index contributed by atoms with van der Waals surface area (Å²) in [6.45, 7) is 1.98. The molecule has 0 unspecified atom stereocenters. The van der Waals surface area contributed by atoms with Crippen molar-refractivity contribution in [3.8, 4) is 0 Å². The summed E-state index contributed by atoms with van der Waals surface area (Å²) in [6, 6.07) is 3.82. The van der Waals surface area contributed by atoms with Crippen LogP contribution in [0.3, 0.4) is 0 Å². The zero-order valence-corrected chi connectivity index (χ0v) is 13.3. The molecule has 2 aliphatic rings. The molecule has 7 heteroatoms. The van der Waals surface area contributed by atoms with Gasteiger partial charge >= 0.3 is 0 Å². The molecule has 1 saturated heterocycles. The van der Waals surface area contributed by atoms with E-state index in [4.69, 9.17) is 4.42 Å². The second-order valence-corrected chi connectivity index (χ2v) is 6.40. The van der Waals surface area contributed by atoms with Crippen LogP contribution < -0.4 is 4.90 Å². The Morgan fingerprint density at radius 1 is 1.21 bits per heavy atom. The molecule has 0 spiro atoms. The van der Waals surface area contributed by atoms with Crippen molar-refractivity contribution in [2.75, 3.05) is 31.1 Å². The zero-order chi connectivity index (χ0) is 16.5. The Bertz CT molecular complexity index is 714. The smallest absolute Gasteiger partial charge is 0.276 e. The molecular weight excluding hydrogens is 308 g/mol. The van der Waals surface area contributed by atoms with Gasteiger partial charge < -0.3 is 19.3 Å². The van der Waals surface area contributed by atoms with E-state index in [1.54, 1.807) is 17.3 Å². The lowest BCUT2D eigenvalue weighted by Gasteiger charge is -2.23. The number of aliphatic hydroxyl groups is 1. The average Bonchev–Trinajstić information content (AvgIpc) is 3.37. The minimum Gasteiger partial charge on any atom is -0.447 e. The fourth-order valence-corrected chi connectivity index (χ4v) is 3.17. The molecule has 4 rings (SSSR count). The topological polar surface area (TPSA) is 82.7 Å². The molecular formula is C17H20N4O3. The van der Waals surface area contributed by atoms with Crippen LogP contribution in [0.2, 0.25) is 0 Å². The van der Waals surface area contributed by atoms with Crippen molar-refractivity contribution in [2.24, 2.45) is 0 Å². The number of carbonyl (C=O) groups is 1. The highest BCUT2D eigenvalue weighted by molar-refractivity contribution is 5.93. The fourth-order valence-electron chi connectivity index (χ4n) is 3.17. The maximum atomic E-state index is 12.8. The molecule has 1 atom stereocenters. The van der Waals surface area contributed by atoms with Gasteiger partial charge in [-0.1, -0.05) is 0 Å². The SMILES string of the molecule is O=C(c1ncoc1C1CC1)N1CCN(c2ccncc2)C[C@H](O)C1. The highest BCUT2D eigenvalue weighted by atomic mass is 16.3. The van der Waals surface area contributed by atoms with Crippen LogP contribution in [0.5, 0.6) is 0 Å². The van der Waals surface area contributed by atoms with Crippen LogP contribution >= 0.6 is 0 Å². The minimum atomic E-state index is -0.610. The van der Waals surface area contributed by atoms with Gasteiger partial charge in [-0.2, -0.15) is 0 Å². The lowest BCUT2D eigenvalue weighted by Crippen LogP contribution is -2.38. The Balaban J connectivity index is 1.50. The Morgan fingerprint density at radius 2 is 2.00 bits per heavy atom. The van der Waals surface area contributed by atoms with Crippen molar-refractivity contribution in [1.29, 1.82) is 0 Å². The summed E-state index contributed by atoms with van der Waals surface area (Å²) in [5, 5.41) is 10.3. The van der Waals surface area contributed by atoms with Crippen molar-refractivity contribution in [3.63, 3.8) is 0 Å². The molecule has 1 amide bonds. The van der Waals surface area contributed by atoms with Crippen LogP contribution in [0.4, 0.5) is 5.69 Å². The lowest BCUT2D eigenvalue weighted by atomic mass is 10.2. The standard InChI is InChI=1S/C17H20N4O3/c22-14-9-20(13-3-5-18-6-4-13)7-8-21(10-14)17(23)15-16(12-1-2-12)24-11-19-15/h3-6,11-12,14,22H,1-2,7-10H2/t14-/m0/s1. The van der Waals surface area contributed by atoms with E-state index < -0.39 is 6.10 Å². The van der Waals surface area contributed by atoms with Crippen LogP contribution in [0.25, 0.3) is 0 Å². The van der Waals surface area contributed by atoms with Gasteiger partial charge in [-0.3, -0.25) is 9.78 Å². The molecule has 1 aliphatic heterocycles. The number of oxazole rings is 1. The molecule has 1 aliphatic carbocycles. The number of hydrogen-bond donors (Lipinski definition) is 1. The van der Waals surface area contributed by atoms with Crippen LogP contribution in [-0.4, -0.2) is 58.2 Å². The summed E-state index contributed by atoms with van der Waals surface area (Å²) >= 11 is 0. The molecule has 2 fully saturated rings. The lowest BCUT2D eigenvalue weighted by molar-refractivity contribution is 0.0666. The monoisotopic (exact) mass is 328 g/mol. The van der Waals surface area contributed by atoms with Gasteiger partial charge in [0.25, 0.3) is 5.91 Å². The van der Waals surface area contributed by atoms with Gasteiger partial charge in [0.2, 0.25) is 0 Å². The summed E-state index contributed by atoms with van der Waals surface area (Å²) in [4.78, 5) is 24.7. The van der Waals surface area contributed by atoms with E-state index in [-0.39, 0.29) is 5.91 Å². The third-order valence-corrected chi connectivity index (χ3v) is 4.56. The van der Waals surface area contributed by atoms with Crippen molar-refractivity contribution < 1.29 is 14.3 Å². The molecule has 0 radical (unpaired) electrons. The normalized spacial score (nSPS) is 21.6. The number of nitrogens with zero attached hydrogens (tertiary/aromatic N) is 4. The first-order valence-corrected chi connectivity index (χ1v) is 8.28. The summed E-state index contributed by atoms with van der Waals surface area (Å²) in [7, 11) is 0. The molecule has 126 valence electrons. The van der Waals surface area contributed by atoms with Crippen LogP contribution in [-0.2, 0) is 0 Å². The van der Waals surface area contributed by atoms with Crippen molar-refractivity contribution in [1.82, 2.24) is 14.9 Å². The Kier molecular flexibility index (Phi) is 3.93. The molecule has 7 nitrogen and oxygen atoms in total. The van der Waals surface area contributed by atoms with Gasteiger partial charge in [0.15, 0.2) is 12.1 Å². The van der Waals surface area contributed by atoms with E-state index in [9.17, 15) is 9.90 Å². The van der Waals surface area contributed by atoms with E-state index in [1.165, 1.54) is 6.39 Å². The van der Waals surface area contributed by atoms with E-state index in [0.29, 0.717) is 43.6 Å². The van der Waals surface area contributed by atoms with E-state index in [1.807, 2.05) is 12.1 Å². The fraction of sp³-hybridized carbons (Fsp3) is 0.471. The third-order valence-electron chi connectivity index (χ3n) is 4.56. The maximum Gasteiger partial charge on any atom is 0.276 e. The van der Waals surface area contributed by atoms with Gasteiger partial charge in [0.1, 0.15) is 5.76 Å². The number of aliphatic hydroxyl groups excluding tert-OH is 1. The Hall–Kier alpha value is -2.41. The first kappa shape index (κ1) is 15.1. The average molecular weight is 328 g/mol. The molecule has 0 bridgehead atoms. The summed E-state index contributed by atoms with van der Waals surface area (Å²) in [5.74, 6) is 0.877. The van der Waals surface area contributed by atoms with Crippen molar-refractivity contribution in [2.45, 2.75) is 24.9 Å². The van der Waals surface area contributed by atoms with Crippen LogP contribution in [0.1, 0.15) is 35.0 Å². The van der Waals surface area contributed by atoms with Gasteiger partial charge in [-0.05, 0) is 25.0 Å². The largest absolute Gasteiger partial charge is 0.447 e. The van der Waals surface area contributed by atoms with Gasteiger partial charge in [-0.15, -0.1) is 0 Å². The number of pyridine rings is 1. The molecule has 2 aromatic heterocycles. The summed E-state index contributed by atoms with van der Waals surface area (Å²) < 4.78 is 5.41. The molecule has 1 saturated carbocycles. The van der Waals surface area contributed by atoms with Gasteiger partial charge in [-0.25, -0.2) is 4.98 Å². The number of β-amino-alcohol motifs (C(OH)–C–C–N with tert-alkyl or cyclic N) is 1. The minimum absolute atomic E-state index is 0.152. The van der Waals surface area contributed by atoms with E-state index in [2.05, 4.69) is 14.9 Å². The number of anilines is 1. The van der Waals surface area contributed by atoms with Crippen LogP contribution in [0.15, 0.2) is 35.3 Å². The molecule has 1 N–H and O–H groups in total. The van der Waals surface area contributed by atoms with Crippen molar-refractivity contribution >= 4 is 11.6 Å². The zero-order valence-electron chi connectivity index (χ0n) is 13.3. The molecule has 0 aromatic carbocycles. The van der Waals surface area contributed by atoms with Gasteiger partial charge in [0, 0.05) is 50.2 Å². The Morgan fingerprint density at radius 3 is 2.75 bits per heavy atom. The first-order chi connectivity index (χ1) is 11.7. The number of rotatable bonds is 3. The van der Waals surface area contributed by atoms with Gasteiger partial charge in [0.05, 0.1) is 6.10 Å². The molecule has 3 heterocycles. The Labute approximate surface area is 139 Å². The van der Waals surface area contributed by atoms with Crippen molar-refractivity contribution in [3.05, 3.63) is 42.4 Å². The predicted octanol–water partition coefficient (Wildman–Crippen LogP) is 1.27. The summed E-state index contributed by atoms with van der Waals surface area (Å²) in [5.41, 5.74) is 1.40. The summed E-state index contributed by atoms with van der Waals surface area (Å²) in [6.07, 6.45) is 6.29. The van der Waals surface area contributed by atoms with E-state index in [0.717, 1.165) is 18.5 Å². The van der Waals surface area contributed by atoms with Crippen LogP contribution in [0, 0.1) is 0 Å². The first-order valence-electron chi connectivity index (χ1n) is 8.28. The molecule has 24 heavy (non-hydrogen) atoms. The quantitative estimate of drug-likeness (QED) is 0.914. The van der Waals surface area contributed by atoms with E-state index >= 15 is 0 Å². The highest BCUT2D eigenvalue weighted by Gasteiger charge is 2.35. The number of aromatic nitrogens is 2. The number of amides is 1. The third kappa shape index (κ3) is 2.99. The second-order valence-electron chi connectivity index (χ2n) is 6.40.